The first kappa shape index (κ1) is 18.2. The number of halogens is 1. The summed E-state index contributed by atoms with van der Waals surface area (Å²) < 4.78 is 0. The summed E-state index contributed by atoms with van der Waals surface area (Å²) in [4.78, 5) is 6.92. The molecule has 4 heteroatoms. The van der Waals surface area contributed by atoms with Crippen molar-refractivity contribution in [1.82, 2.24) is 9.88 Å². The summed E-state index contributed by atoms with van der Waals surface area (Å²) in [6.07, 6.45) is 11.2. The van der Waals surface area contributed by atoms with Gasteiger partial charge in [-0.3, -0.25) is 9.88 Å². The van der Waals surface area contributed by atoms with E-state index in [1.165, 1.54) is 49.8 Å². The van der Waals surface area contributed by atoms with Gasteiger partial charge in [-0.2, -0.15) is 0 Å². The normalized spacial score (nSPS) is 26.0. The van der Waals surface area contributed by atoms with Gasteiger partial charge in [0.25, 0.3) is 0 Å². The number of aromatic nitrogens is 1. The fourth-order valence-corrected chi connectivity index (χ4v) is 4.77. The minimum Gasteiger partial charge on any atom is -0.508 e. The van der Waals surface area contributed by atoms with Crippen LogP contribution in [0.5, 0.6) is 5.75 Å². The van der Waals surface area contributed by atoms with Gasteiger partial charge in [-0.05, 0) is 73.4 Å². The van der Waals surface area contributed by atoms with Gasteiger partial charge in [0, 0.05) is 25.0 Å². The fourth-order valence-electron chi connectivity index (χ4n) is 4.77. The Bertz CT molecular complexity index is 693. The third kappa shape index (κ3) is 3.83. The summed E-state index contributed by atoms with van der Waals surface area (Å²) in [6.45, 7) is 2.30. The van der Waals surface area contributed by atoms with Crippen LogP contribution < -0.4 is 0 Å². The summed E-state index contributed by atoms with van der Waals surface area (Å²) in [5, 5.41) is 9.88. The van der Waals surface area contributed by atoms with E-state index in [9.17, 15) is 5.11 Å². The molecule has 0 amide bonds. The van der Waals surface area contributed by atoms with Gasteiger partial charge < -0.3 is 5.11 Å². The van der Waals surface area contributed by atoms with Gasteiger partial charge in [0.05, 0.1) is 0 Å². The molecule has 2 bridgehead atoms. The van der Waals surface area contributed by atoms with Crippen LogP contribution in [0.2, 0.25) is 0 Å². The Morgan fingerprint density at radius 1 is 1.20 bits per heavy atom. The Hall–Kier alpha value is -1.58. The maximum absolute atomic E-state index is 9.88. The van der Waals surface area contributed by atoms with Crippen molar-refractivity contribution < 1.29 is 5.11 Å². The molecule has 1 aliphatic carbocycles. The lowest BCUT2D eigenvalue weighted by atomic mass is 9.63. The topological polar surface area (TPSA) is 36.4 Å². The highest BCUT2D eigenvalue weighted by Crippen LogP contribution is 2.47. The van der Waals surface area contributed by atoms with E-state index in [4.69, 9.17) is 0 Å². The van der Waals surface area contributed by atoms with E-state index < -0.39 is 0 Å². The third-order valence-corrected chi connectivity index (χ3v) is 6.08. The largest absolute Gasteiger partial charge is 0.508 e. The van der Waals surface area contributed by atoms with Crippen LogP contribution in [0.4, 0.5) is 0 Å². The molecule has 0 radical (unpaired) electrons. The molecule has 1 aromatic heterocycles. The van der Waals surface area contributed by atoms with Crippen LogP contribution >= 0.6 is 12.4 Å². The van der Waals surface area contributed by atoms with Crippen molar-refractivity contribution >= 4 is 12.4 Å². The molecule has 2 aromatic rings. The number of phenols is 1. The lowest BCUT2D eigenvalue weighted by Crippen LogP contribution is -2.52. The zero-order valence-corrected chi connectivity index (χ0v) is 15.4. The van der Waals surface area contributed by atoms with Crippen molar-refractivity contribution in [3.63, 3.8) is 0 Å². The summed E-state index contributed by atoms with van der Waals surface area (Å²) in [5.74, 6) is 0.406. The minimum absolute atomic E-state index is 0. The van der Waals surface area contributed by atoms with Gasteiger partial charge in [-0.25, -0.2) is 0 Å². The maximum Gasteiger partial charge on any atom is 0.115 e. The van der Waals surface area contributed by atoms with E-state index in [0.717, 1.165) is 13.0 Å². The number of phenolic OH excluding ortho intramolecular Hbond substituents is 1. The Morgan fingerprint density at radius 3 is 2.92 bits per heavy atom. The highest BCUT2D eigenvalue weighted by atomic mass is 35.5. The molecule has 1 aromatic carbocycles. The average Bonchev–Trinajstić information content (AvgIpc) is 2.62. The van der Waals surface area contributed by atoms with E-state index in [1.807, 2.05) is 30.6 Å². The SMILES string of the molecule is Cl.Oc1cccc([C@@]23CCC[C@@H](C2)N(CCc2cccnc2)CC3)c1. The predicted octanol–water partition coefficient (Wildman–Crippen LogP) is 4.34. The second-order valence-electron chi connectivity index (χ2n) is 7.48. The van der Waals surface area contributed by atoms with Crippen LogP contribution in [0.3, 0.4) is 0 Å². The van der Waals surface area contributed by atoms with Gasteiger partial charge in [0.15, 0.2) is 0 Å². The standard InChI is InChI=1S/C21H26N2O.ClH/c24-20-7-1-5-18(14-20)21-9-2-6-19(15-21)23(13-10-21)12-8-17-4-3-11-22-16-17;/h1,3-5,7,11,14,16,19,24H,2,6,8-10,12-13,15H2;1H/t19-,21+;/m0./s1. The fraction of sp³-hybridized carbons (Fsp3) is 0.476. The second-order valence-corrected chi connectivity index (χ2v) is 7.48. The first-order valence-corrected chi connectivity index (χ1v) is 9.18. The number of fused-ring (bicyclic) bond motifs is 2. The van der Waals surface area contributed by atoms with Crippen LogP contribution in [0.15, 0.2) is 48.8 Å². The van der Waals surface area contributed by atoms with E-state index in [1.54, 1.807) is 6.07 Å². The molecule has 25 heavy (non-hydrogen) atoms. The van der Waals surface area contributed by atoms with Crippen LogP contribution in [-0.4, -0.2) is 34.1 Å². The number of hydrogen-bond acceptors (Lipinski definition) is 3. The third-order valence-electron chi connectivity index (χ3n) is 6.08. The summed E-state index contributed by atoms with van der Waals surface area (Å²) in [7, 11) is 0. The quantitative estimate of drug-likeness (QED) is 0.883. The van der Waals surface area contributed by atoms with E-state index >= 15 is 0 Å². The molecular formula is C21H27ClN2O. The molecular weight excluding hydrogens is 332 g/mol. The number of aromatic hydroxyl groups is 1. The molecule has 0 spiro atoms. The Balaban J connectivity index is 0.00000182. The van der Waals surface area contributed by atoms with Crippen LogP contribution in [0.25, 0.3) is 0 Å². The van der Waals surface area contributed by atoms with Crippen molar-refractivity contribution in [2.24, 2.45) is 0 Å². The van der Waals surface area contributed by atoms with Gasteiger partial charge in [0.2, 0.25) is 0 Å². The molecule has 3 nitrogen and oxygen atoms in total. The van der Waals surface area contributed by atoms with Gasteiger partial charge in [0.1, 0.15) is 5.75 Å². The molecule has 2 heterocycles. The number of nitrogens with zero attached hydrogens (tertiary/aromatic N) is 2. The molecule has 2 fully saturated rings. The first-order chi connectivity index (χ1) is 11.8. The zero-order valence-electron chi connectivity index (χ0n) is 14.6. The van der Waals surface area contributed by atoms with Gasteiger partial charge in [-0.1, -0.05) is 24.6 Å². The van der Waals surface area contributed by atoms with Crippen LogP contribution in [-0.2, 0) is 11.8 Å². The van der Waals surface area contributed by atoms with E-state index in [2.05, 4.69) is 22.0 Å². The molecule has 4 rings (SSSR count). The number of benzene rings is 1. The highest BCUT2D eigenvalue weighted by Gasteiger charge is 2.43. The Labute approximate surface area is 156 Å². The zero-order chi connectivity index (χ0) is 16.4. The van der Waals surface area contributed by atoms with Gasteiger partial charge in [-0.15, -0.1) is 12.4 Å². The lowest BCUT2D eigenvalue weighted by molar-refractivity contribution is 0.0524. The van der Waals surface area contributed by atoms with Crippen molar-refractivity contribution in [1.29, 1.82) is 0 Å². The van der Waals surface area contributed by atoms with E-state index in [0.29, 0.717) is 11.8 Å². The molecule has 1 N–H and O–H groups in total. The van der Waals surface area contributed by atoms with Crippen molar-refractivity contribution in [3.05, 3.63) is 59.9 Å². The minimum atomic E-state index is 0. The smallest absolute Gasteiger partial charge is 0.115 e. The Kier molecular flexibility index (Phi) is 5.65. The molecule has 1 saturated carbocycles. The molecule has 2 aliphatic rings. The van der Waals surface area contributed by atoms with E-state index in [-0.39, 0.29) is 17.8 Å². The van der Waals surface area contributed by atoms with Crippen molar-refractivity contribution in [2.45, 2.75) is 50.0 Å². The lowest BCUT2D eigenvalue weighted by Gasteiger charge is -2.51. The number of likely N-dealkylation sites (tertiary alicyclic amines) is 1. The molecule has 0 unspecified atom stereocenters. The average molecular weight is 359 g/mol. The van der Waals surface area contributed by atoms with Crippen molar-refractivity contribution in [2.75, 3.05) is 13.1 Å². The Morgan fingerprint density at radius 2 is 2.12 bits per heavy atom. The number of pyridine rings is 1. The molecule has 1 saturated heterocycles. The first-order valence-electron chi connectivity index (χ1n) is 9.18. The summed E-state index contributed by atoms with van der Waals surface area (Å²) >= 11 is 0. The van der Waals surface area contributed by atoms with Crippen LogP contribution in [0.1, 0.15) is 43.2 Å². The molecule has 134 valence electrons. The van der Waals surface area contributed by atoms with Crippen LogP contribution in [0, 0.1) is 0 Å². The number of rotatable bonds is 4. The summed E-state index contributed by atoms with van der Waals surface area (Å²) in [5.41, 5.74) is 2.96. The van der Waals surface area contributed by atoms with Gasteiger partial charge >= 0.3 is 0 Å². The second kappa shape index (κ2) is 7.76. The van der Waals surface area contributed by atoms with Crippen molar-refractivity contribution in [3.8, 4) is 5.75 Å². The molecule has 1 aliphatic heterocycles. The highest BCUT2D eigenvalue weighted by molar-refractivity contribution is 5.85. The predicted molar refractivity (Wildman–Crippen MR) is 103 cm³/mol. The number of piperidine rings is 1. The maximum atomic E-state index is 9.88. The monoisotopic (exact) mass is 358 g/mol. The molecule has 2 atom stereocenters. The summed E-state index contributed by atoms with van der Waals surface area (Å²) in [6, 6.07) is 12.9. The number of hydrogen-bond donors (Lipinski definition) is 1.